The van der Waals surface area contributed by atoms with Crippen LogP contribution in [0.25, 0.3) is 22.3 Å². The van der Waals surface area contributed by atoms with Crippen LogP contribution in [0.4, 0.5) is 0 Å². The van der Waals surface area contributed by atoms with Crippen LogP contribution < -0.4 is 18.4 Å². The lowest BCUT2D eigenvalue weighted by Gasteiger charge is -2.19. The topological polar surface area (TPSA) is 112 Å². The maximum absolute atomic E-state index is 11.4. The van der Waals surface area contributed by atoms with Gasteiger partial charge in [0.05, 0.1) is 26.0 Å². The number of benzene rings is 4. The molecular weight excluding hydrogens is 496 g/mol. The van der Waals surface area contributed by atoms with Crippen LogP contribution >= 0.6 is 0 Å². The van der Waals surface area contributed by atoms with Crippen molar-refractivity contribution in [2.75, 3.05) is 20.5 Å². The Morgan fingerprint density at radius 2 is 1.41 bits per heavy atom. The molecule has 0 atom stereocenters. The molecular formula is C28H26O8S. The first kappa shape index (κ1) is 25.7. The fraction of sp³-hybridized carbons (Fsp3) is 0.143. The molecule has 0 saturated heterocycles. The summed E-state index contributed by atoms with van der Waals surface area (Å²) in [5.74, 6) is 0.845. The van der Waals surface area contributed by atoms with Gasteiger partial charge in [0.15, 0.2) is 23.0 Å². The number of hydrogen-bond donors (Lipinski definition) is 2. The number of aromatic hydroxyl groups is 2. The Morgan fingerprint density at radius 1 is 0.757 bits per heavy atom. The van der Waals surface area contributed by atoms with Crippen molar-refractivity contribution in [1.29, 1.82) is 0 Å². The van der Waals surface area contributed by atoms with Gasteiger partial charge in [-0.3, -0.25) is 0 Å². The van der Waals surface area contributed by atoms with E-state index in [1.165, 1.54) is 38.5 Å². The summed E-state index contributed by atoms with van der Waals surface area (Å²) in [5, 5.41) is 21.6. The van der Waals surface area contributed by atoms with E-state index in [-0.39, 0.29) is 23.0 Å². The van der Waals surface area contributed by atoms with Crippen molar-refractivity contribution in [2.24, 2.45) is 0 Å². The van der Waals surface area contributed by atoms with Gasteiger partial charge >= 0.3 is 10.1 Å². The predicted molar refractivity (Wildman–Crippen MR) is 140 cm³/mol. The molecule has 0 unspecified atom stereocenters. The van der Waals surface area contributed by atoms with Gasteiger partial charge in [-0.05, 0) is 47.0 Å². The van der Waals surface area contributed by atoms with Crippen LogP contribution in [0.15, 0.2) is 78.9 Å². The molecule has 0 aliphatic carbocycles. The maximum atomic E-state index is 11.4. The van der Waals surface area contributed by atoms with Gasteiger partial charge in [-0.2, -0.15) is 8.42 Å². The second-order valence-corrected chi connectivity index (χ2v) is 9.73. The van der Waals surface area contributed by atoms with Gasteiger partial charge in [-0.25, -0.2) is 0 Å². The molecule has 0 saturated carbocycles. The van der Waals surface area contributed by atoms with Gasteiger partial charge < -0.3 is 28.6 Å². The van der Waals surface area contributed by atoms with Crippen molar-refractivity contribution in [2.45, 2.75) is 6.61 Å². The van der Waals surface area contributed by atoms with Crippen LogP contribution in [0.1, 0.15) is 5.56 Å². The molecule has 0 bridgehead atoms. The number of rotatable bonds is 9. The van der Waals surface area contributed by atoms with E-state index in [2.05, 4.69) is 0 Å². The summed E-state index contributed by atoms with van der Waals surface area (Å²) in [6.07, 6.45) is 0.964. The Bertz CT molecular complexity index is 1500. The molecule has 0 heterocycles. The quantitative estimate of drug-likeness (QED) is 0.282. The molecule has 0 radical (unpaired) electrons. The molecule has 37 heavy (non-hydrogen) atoms. The number of hydrogen-bond acceptors (Lipinski definition) is 8. The Kier molecular flexibility index (Phi) is 7.45. The van der Waals surface area contributed by atoms with Gasteiger partial charge in [-0.15, -0.1) is 0 Å². The zero-order chi connectivity index (χ0) is 26.6. The number of methoxy groups -OCH3 is 2. The summed E-state index contributed by atoms with van der Waals surface area (Å²) in [6, 6.07) is 22.2. The first-order valence-corrected chi connectivity index (χ1v) is 13.0. The van der Waals surface area contributed by atoms with Crippen LogP contribution in [0.2, 0.25) is 0 Å². The first-order valence-electron chi connectivity index (χ1n) is 11.2. The van der Waals surface area contributed by atoms with Gasteiger partial charge in [0, 0.05) is 5.56 Å². The highest BCUT2D eigenvalue weighted by Crippen LogP contribution is 2.50. The smallest absolute Gasteiger partial charge is 0.306 e. The summed E-state index contributed by atoms with van der Waals surface area (Å²) >= 11 is 0. The number of ether oxygens (including phenoxy) is 3. The van der Waals surface area contributed by atoms with Crippen molar-refractivity contribution in [1.82, 2.24) is 0 Å². The average molecular weight is 523 g/mol. The normalized spacial score (nSPS) is 11.1. The van der Waals surface area contributed by atoms with Crippen molar-refractivity contribution >= 4 is 10.1 Å². The summed E-state index contributed by atoms with van der Waals surface area (Å²) in [5.41, 5.74) is 2.91. The van der Waals surface area contributed by atoms with Crippen LogP contribution in [0.3, 0.4) is 0 Å². The highest BCUT2D eigenvalue weighted by atomic mass is 32.2. The molecule has 9 heteroatoms. The van der Waals surface area contributed by atoms with E-state index in [0.29, 0.717) is 40.4 Å². The zero-order valence-corrected chi connectivity index (χ0v) is 21.3. The van der Waals surface area contributed by atoms with E-state index in [1.54, 1.807) is 24.3 Å². The van der Waals surface area contributed by atoms with Crippen molar-refractivity contribution in [3.05, 3.63) is 84.4 Å². The zero-order valence-electron chi connectivity index (χ0n) is 20.5. The highest BCUT2D eigenvalue weighted by molar-refractivity contribution is 7.86. The molecule has 0 aliphatic rings. The molecule has 0 fully saturated rings. The van der Waals surface area contributed by atoms with E-state index in [4.69, 9.17) is 18.4 Å². The Morgan fingerprint density at radius 3 is 2.00 bits per heavy atom. The lowest BCUT2D eigenvalue weighted by Crippen LogP contribution is -2.05. The molecule has 4 aromatic rings. The fourth-order valence-corrected chi connectivity index (χ4v) is 4.37. The minimum atomic E-state index is -3.66. The predicted octanol–water partition coefficient (Wildman–Crippen LogP) is 5.37. The molecule has 0 aliphatic heterocycles. The van der Waals surface area contributed by atoms with Crippen LogP contribution in [0.5, 0.6) is 34.5 Å². The highest BCUT2D eigenvalue weighted by Gasteiger charge is 2.23. The van der Waals surface area contributed by atoms with Gasteiger partial charge in [0.1, 0.15) is 18.1 Å². The molecule has 8 nitrogen and oxygen atoms in total. The standard InChI is InChI=1S/C28H26O8S/c1-33-27-22(19-9-12-21(13-10-19)36-37(3,31)32)16-24(30)26(28(27)34-2)20-11-14-25(23(29)15-20)35-17-18-7-5-4-6-8-18/h4-16,29-30H,17H2,1-3H3. The minimum Gasteiger partial charge on any atom is -0.507 e. The molecule has 0 amide bonds. The lowest BCUT2D eigenvalue weighted by molar-refractivity contribution is 0.289. The van der Waals surface area contributed by atoms with E-state index in [0.717, 1.165) is 11.8 Å². The Balaban J connectivity index is 1.69. The maximum Gasteiger partial charge on any atom is 0.306 e. The molecule has 192 valence electrons. The number of phenolic OH excluding ortho intramolecular Hbond substituents is 2. The monoisotopic (exact) mass is 522 g/mol. The molecule has 0 aromatic heterocycles. The summed E-state index contributed by atoms with van der Waals surface area (Å²) in [6.45, 7) is 0.291. The third-order valence-corrected chi connectivity index (χ3v) is 6.02. The third-order valence-electron chi connectivity index (χ3n) is 5.52. The summed E-state index contributed by atoms with van der Waals surface area (Å²) in [4.78, 5) is 0. The largest absolute Gasteiger partial charge is 0.507 e. The second kappa shape index (κ2) is 10.7. The van der Waals surface area contributed by atoms with Crippen molar-refractivity contribution < 1.29 is 37.0 Å². The third kappa shape index (κ3) is 5.90. The fourth-order valence-electron chi connectivity index (χ4n) is 3.91. The first-order chi connectivity index (χ1) is 17.7. The molecule has 4 rings (SSSR count). The van der Waals surface area contributed by atoms with Crippen LogP contribution in [-0.4, -0.2) is 39.1 Å². The number of phenols is 2. The molecule has 2 N–H and O–H groups in total. The summed E-state index contributed by atoms with van der Waals surface area (Å²) < 4.78 is 44.7. The lowest BCUT2D eigenvalue weighted by atomic mass is 9.96. The van der Waals surface area contributed by atoms with E-state index >= 15 is 0 Å². The average Bonchev–Trinajstić information content (AvgIpc) is 2.87. The minimum absolute atomic E-state index is 0.0978. The van der Waals surface area contributed by atoms with Gasteiger partial charge in [0.2, 0.25) is 0 Å². The van der Waals surface area contributed by atoms with Crippen LogP contribution in [-0.2, 0) is 16.7 Å². The second-order valence-electron chi connectivity index (χ2n) is 8.15. The van der Waals surface area contributed by atoms with Crippen molar-refractivity contribution in [3.63, 3.8) is 0 Å². The van der Waals surface area contributed by atoms with Gasteiger partial charge in [-0.1, -0.05) is 48.5 Å². The Hall–Kier alpha value is -4.37. The van der Waals surface area contributed by atoms with E-state index < -0.39 is 10.1 Å². The van der Waals surface area contributed by atoms with Gasteiger partial charge in [0.25, 0.3) is 0 Å². The van der Waals surface area contributed by atoms with Crippen LogP contribution in [0, 0.1) is 0 Å². The molecule has 0 spiro atoms. The SMILES string of the molecule is COc1c(-c2ccc(OS(C)(=O)=O)cc2)cc(O)c(-c2ccc(OCc3ccccc3)c(O)c2)c1OC. The van der Waals surface area contributed by atoms with Crippen molar-refractivity contribution in [3.8, 4) is 56.8 Å². The molecule has 4 aromatic carbocycles. The van der Waals surface area contributed by atoms with E-state index in [9.17, 15) is 18.6 Å². The van der Waals surface area contributed by atoms with E-state index in [1.807, 2.05) is 30.3 Å². The Labute approximate surface area is 215 Å². The summed E-state index contributed by atoms with van der Waals surface area (Å²) in [7, 11) is -0.737.